The number of hydrogen-bond acceptors (Lipinski definition) is 4. The van der Waals surface area contributed by atoms with Crippen LogP contribution < -0.4 is 10.1 Å². The first-order valence-corrected chi connectivity index (χ1v) is 9.41. The standard InChI is InChI=1S/C22H23N3O3/c1-27-18-10-5-7-16(13-18)14-28-15-21(26)23-22-19-11-6-12-20(19)24-25(22)17-8-3-2-4-9-17/h2-5,7-10,13H,6,11-12,14-15H2,1H3,(H,23,26). The number of aromatic nitrogens is 2. The molecule has 0 unspecified atom stereocenters. The molecule has 0 radical (unpaired) electrons. The molecule has 3 aromatic rings. The monoisotopic (exact) mass is 377 g/mol. The van der Waals surface area contributed by atoms with E-state index < -0.39 is 0 Å². The van der Waals surface area contributed by atoms with Gasteiger partial charge >= 0.3 is 0 Å². The van der Waals surface area contributed by atoms with E-state index in [2.05, 4.69) is 5.32 Å². The first-order valence-electron chi connectivity index (χ1n) is 9.41. The van der Waals surface area contributed by atoms with Gasteiger partial charge in [-0.1, -0.05) is 30.3 Å². The van der Waals surface area contributed by atoms with E-state index in [1.54, 1.807) is 7.11 Å². The Kier molecular flexibility index (Phi) is 5.39. The van der Waals surface area contributed by atoms with Crippen LogP contribution in [-0.4, -0.2) is 29.4 Å². The fourth-order valence-corrected chi connectivity index (χ4v) is 3.47. The van der Waals surface area contributed by atoms with Crippen molar-refractivity contribution in [2.75, 3.05) is 19.0 Å². The molecule has 0 bridgehead atoms. The molecule has 1 heterocycles. The molecule has 6 nitrogen and oxygen atoms in total. The van der Waals surface area contributed by atoms with Crippen LogP contribution in [0.3, 0.4) is 0 Å². The van der Waals surface area contributed by atoms with Crippen molar-refractivity contribution < 1.29 is 14.3 Å². The number of rotatable bonds is 7. The summed E-state index contributed by atoms with van der Waals surface area (Å²) in [4.78, 5) is 12.5. The van der Waals surface area contributed by atoms with Crippen LogP contribution in [0.15, 0.2) is 54.6 Å². The van der Waals surface area contributed by atoms with Crippen molar-refractivity contribution in [3.8, 4) is 11.4 Å². The van der Waals surface area contributed by atoms with E-state index in [9.17, 15) is 4.79 Å². The van der Waals surface area contributed by atoms with Gasteiger partial charge in [0.25, 0.3) is 5.91 Å². The Morgan fingerprint density at radius 3 is 2.82 bits per heavy atom. The molecule has 4 rings (SSSR count). The lowest BCUT2D eigenvalue weighted by atomic mass is 10.2. The van der Waals surface area contributed by atoms with Crippen molar-refractivity contribution in [2.24, 2.45) is 0 Å². The first kappa shape index (κ1) is 18.3. The molecule has 0 spiro atoms. The lowest BCUT2D eigenvalue weighted by molar-refractivity contribution is -0.121. The molecule has 2 aromatic carbocycles. The van der Waals surface area contributed by atoms with Crippen LogP contribution >= 0.6 is 0 Å². The van der Waals surface area contributed by atoms with Gasteiger partial charge in [0.05, 0.1) is 25.1 Å². The quantitative estimate of drug-likeness (QED) is 0.684. The molecule has 1 aliphatic carbocycles. The number of para-hydroxylation sites is 1. The molecular formula is C22H23N3O3. The zero-order valence-electron chi connectivity index (χ0n) is 15.9. The van der Waals surface area contributed by atoms with E-state index in [4.69, 9.17) is 14.6 Å². The number of fused-ring (bicyclic) bond motifs is 1. The number of nitrogens with one attached hydrogen (secondary N) is 1. The lowest BCUT2D eigenvalue weighted by Crippen LogP contribution is -2.21. The van der Waals surface area contributed by atoms with Gasteiger partial charge in [-0.3, -0.25) is 4.79 Å². The van der Waals surface area contributed by atoms with Gasteiger partial charge < -0.3 is 14.8 Å². The zero-order valence-corrected chi connectivity index (χ0v) is 15.9. The van der Waals surface area contributed by atoms with Crippen LogP contribution in [0, 0.1) is 0 Å². The van der Waals surface area contributed by atoms with Crippen LogP contribution in [0.5, 0.6) is 5.75 Å². The second kappa shape index (κ2) is 8.27. The average Bonchev–Trinajstić information content (AvgIpc) is 3.31. The van der Waals surface area contributed by atoms with Crippen LogP contribution in [0.25, 0.3) is 5.69 Å². The highest BCUT2D eigenvalue weighted by Crippen LogP contribution is 2.30. The largest absolute Gasteiger partial charge is 0.497 e. The molecule has 1 N–H and O–H groups in total. The van der Waals surface area contributed by atoms with E-state index in [0.29, 0.717) is 6.61 Å². The number of amides is 1. The summed E-state index contributed by atoms with van der Waals surface area (Å²) in [6.07, 6.45) is 2.95. The Balaban J connectivity index is 1.43. The summed E-state index contributed by atoms with van der Waals surface area (Å²) in [6, 6.07) is 17.5. The first-order chi connectivity index (χ1) is 13.7. The summed E-state index contributed by atoms with van der Waals surface area (Å²) < 4.78 is 12.6. The van der Waals surface area contributed by atoms with Gasteiger partial charge in [-0.25, -0.2) is 4.68 Å². The van der Waals surface area contributed by atoms with Gasteiger partial charge in [0.15, 0.2) is 0 Å². The van der Waals surface area contributed by atoms with Gasteiger partial charge in [0, 0.05) is 5.56 Å². The maximum Gasteiger partial charge on any atom is 0.251 e. The van der Waals surface area contributed by atoms with E-state index in [1.807, 2.05) is 59.3 Å². The van der Waals surface area contributed by atoms with E-state index in [1.165, 1.54) is 0 Å². The van der Waals surface area contributed by atoms with Gasteiger partial charge in [-0.2, -0.15) is 5.10 Å². The summed E-state index contributed by atoms with van der Waals surface area (Å²) in [7, 11) is 1.63. The minimum absolute atomic E-state index is 0.0219. The van der Waals surface area contributed by atoms with E-state index in [-0.39, 0.29) is 12.5 Å². The SMILES string of the molecule is COc1cccc(COCC(=O)Nc2c3c(nn2-c2ccccc2)CCC3)c1. The van der Waals surface area contributed by atoms with Crippen LogP contribution in [0.1, 0.15) is 23.2 Å². The van der Waals surface area contributed by atoms with Crippen LogP contribution in [-0.2, 0) is 29.0 Å². The Hall–Kier alpha value is -3.12. The maximum atomic E-state index is 12.5. The summed E-state index contributed by atoms with van der Waals surface area (Å²) in [6.45, 7) is 0.326. The van der Waals surface area contributed by atoms with Crippen molar-refractivity contribution in [2.45, 2.75) is 25.9 Å². The smallest absolute Gasteiger partial charge is 0.251 e. The second-order valence-corrected chi connectivity index (χ2v) is 6.77. The van der Waals surface area contributed by atoms with Crippen molar-refractivity contribution in [3.63, 3.8) is 0 Å². The molecule has 0 saturated carbocycles. The van der Waals surface area contributed by atoms with Crippen molar-refractivity contribution in [1.82, 2.24) is 9.78 Å². The summed E-state index contributed by atoms with van der Waals surface area (Å²) in [5.41, 5.74) is 4.09. The van der Waals surface area contributed by atoms with Gasteiger partial charge in [0.1, 0.15) is 18.2 Å². The Labute approximate surface area is 164 Å². The minimum atomic E-state index is -0.185. The Morgan fingerprint density at radius 1 is 1.14 bits per heavy atom. The number of hydrogen-bond donors (Lipinski definition) is 1. The predicted molar refractivity (Wildman–Crippen MR) is 107 cm³/mol. The fraction of sp³-hybridized carbons (Fsp3) is 0.273. The molecule has 0 aliphatic heterocycles. The highest BCUT2D eigenvalue weighted by molar-refractivity contribution is 5.92. The maximum absolute atomic E-state index is 12.5. The van der Waals surface area contributed by atoms with Crippen molar-refractivity contribution >= 4 is 11.7 Å². The normalized spacial score (nSPS) is 12.6. The summed E-state index contributed by atoms with van der Waals surface area (Å²) >= 11 is 0. The number of ether oxygens (including phenoxy) is 2. The van der Waals surface area contributed by atoms with Gasteiger partial charge in [-0.15, -0.1) is 0 Å². The minimum Gasteiger partial charge on any atom is -0.497 e. The molecule has 0 fully saturated rings. The highest BCUT2D eigenvalue weighted by atomic mass is 16.5. The number of carbonyl (C=O) groups is 1. The predicted octanol–water partition coefficient (Wildman–Crippen LogP) is 3.52. The topological polar surface area (TPSA) is 65.4 Å². The molecule has 1 amide bonds. The van der Waals surface area contributed by atoms with Gasteiger partial charge in [-0.05, 0) is 49.1 Å². The van der Waals surface area contributed by atoms with E-state index in [0.717, 1.165) is 53.3 Å². The third kappa shape index (κ3) is 3.92. The number of anilines is 1. The van der Waals surface area contributed by atoms with Gasteiger partial charge in [0.2, 0.25) is 0 Å². The molecular weight excluding hydrogens is 354 g/mol. The zero-order chi connectivity index (χ0) is 19.3. The number of carbonyl (C=O) groups excluding carboxylic acids is 1. The Bertz CT molecular complexity index is 966. The molecule has 0 atom stereocenters. The van der Waals surface area contributed by atoms with Crippen molar-refractivity contribution in [3.05, 3.63) is 71.4 Å². The molecule has 0 saturated heterocycles. The summed E-state index contributed by atoms with van der Waals surface area (Å²) in [5, 5.41) is 7.72. The number of nitrogens with zero attached hydrogens (tertiary/aromatic N) is 2. The number of benzene rings is 2. The molecule has 28 heavy (non-hydrogen) atoms. The molecule has 144 valence electrons. The summed E-state index contributed by atoms with van der Waals surface area (Å²) in [5.74, 6) is 1.34. The molecule has 1 aliphatic rings. The Morgan fingerprint density at radius 2 is 2.00 bits per heavy atom. The second-order valence-electron chi connectivity index (χ2n) is 6.77. The molecule has 1 aromatic heterocycles. The van der Waals surface area contributed by atoms with E-state index >= 15 is 0 Å². The lowest BCUT2D eigenvalue weighted by Gasteiger charge is -2.11. The number of methoxy groups -OCH3 is 1. The molecule has 6 heteroatoms. The number of aryl methyl sites for hydroxylation is 1. The van der Waals surface area contributed by atoms with Crippen LogP contribution in [0.4, 0.5) is 5.82 Å². The third-order valence-corrected chi connectivity index (χ3v) is 4.80. The van der Waals surface area contributed by atoms with Crippen molar-refractivity contribution in [1.29, 1.82) is 0 Å². The average molecular weight is 377 g/mol. The highest BCUT2D eigenvalue weighted by Gasteiger charge is 2.24. The van der Waals surface area contributed by atoms with Crippen LogP contribution in [0.2, 0.25) is 0 Å². The third-order valence-electron chi connectivity index (χ3n) is 4.80. The fourth-order valence-electron chi connectivity index (χ4n) is 3.47.